The molecule has 0 aromatic carbocycles. The molecule has 1 amide bonds. The van der Waals surface area contributed by atoms with E-state index in [2.05, 4.69) is 10.3 Å². The highest BCUT2D eigenvalue weighted by molar-refractivity contribution is 7.15. The molecule has 104 valence electrons. The molecule has 2 rings (SSSR count). The number of hydrogen-bond acceptors (Lipinski definition) is 5. The third-order valence-electron chi connectivity index (χ3n) is 3.29. The van der Waals surface area contributed by atoms with Crippen molar-refractivity contribution in [3.05, 3.63) is 10.6 Å². The number of nitrogens with two attached hydrogens (primary N) is 1. The first kappa shape index (κ1) is 13.8. The first-order chi connectivity index (χ1) is 8.81. The Balaban J connectivity index is 2.27. The number of carboxylic acid groups (broad SMARTS) is 1. The molecule has 1 aromatic heterocycles. The van der Waals surface area contributed by atoms with Gasteiger partial charge in [0.15, 0.2) is 5.13 Å². The molecule has 4 N–H and O–H groups in total. The lowest BCUT2D eigenvalue weighted by atomic mass is 9.91. The molecule has 1 aliphatic rings. The van der Waals surface area contributed by atoms with Gasteiger partial charge in [0.05, 0.1) is 5.69 Å². The molecule has 1 aromatic rings. The van der Waals surface area contributed by atoms with Crippen LogP contribution in [0.5, 0.6) is 0 Å². The second kappa shape index (κ2) is 4.80. The molecule has 19 heavy (non-hydrogen) atoms. The molecule has 1 aliphatic carbocycles. The van der Waals surface area contributed by atoms with Crippen LogP contribution in [0.4, 0.5) is 5.13 Å². The lowest BCUT2D eigenvalue weighted by Crippen LogP contribution is -2.45. The number of thiazole rings is 1. The molecule has 0 radical (unpaired) electrons. The summed E-state index contributed by atoms with van der Waals surface area (Å²) >= 11 is 1.41. The highest BCUT2D eigenvalue weighted by atomic mass is 32.1. The number of anilines is 1. The van der Waals surface area contributed by atoms with Crippen LogP contribution < -0.4 is 11.1 Å². The number of nitrogens with zero attached hydrogens (tertiary/aromatic N) is 1. The van der Waals surface area contributed by atoms with Crippen molar-refractivity contribution in [2.75, 3.05) is 5.32 Å². The fraction of sp³-hybridized carbons (Fsp3) is 0.583. The Morgan fingerprint density at radius 3 is 2.79 bits per heavy atom. The molecule has 0 bridgehead atoms. The van der Waals surface area contributed by atoms with Crippen LogP contribution in [-0.2, 0) is 16.0 Å². The van der Waals surface area contributed by atoms with Crippen molar-refractivity contribution in [3.63, 3.8) is 0 Å². The lowest BCUT2D eigenvalue weighted by molar-refractivity contribution is -0.139. The lowest BCUT2D eigenvalue weighted by Gasteiger charge is -2.21. The fourth-order valence-electron chi connectivity index (χ4n) is 2.04. The fourth-order valence-corrected chi connectivity index (χ4v) is 3.26. The number of carbonyl (C=O) groups excluding carboxylic acids is 1. The topological polar surface area (TPSA) is 105 Å². The largest absolute Gasteiger partial charge is 0.481 e. The van der Waals surface area contributed by atoms with Gasteiger partial charge in [-0.3, -0.25) is 9.59 Å². The van der Waals surface area contributed by atoms with Gasteiger partial charge in [-0.15, -0.1) is 11.3 Å². The number of carbonyl (C=O) groups is 2. The number of fused-ring (bicyclic) bond motifs is 1. The summed E-state index contributed by atoms with van der Waals surface area (Å²) in [7, 11) is 0. The highest BCUT2D eigenvalue weighted by Gasteiger charge is 2.32. The normalized spacial score (nSPS) is 18.7. The molecular weight excluding hydrogens is 266 g/mol. The third kappa shape index (κ3) is 2.70. The van der Waals surface area contributed by atoms with E-state index in [9.17, 15) is 14.7 Å². The standard InChI is InChI=1S/C12H17N3O3S/c1-12(2,10(13)18)15-11-14-8-6(9(16)17)4-3-5-7(8)19-11/h6H,3-5H2,1-2H3,(H2,13,18)(H,14,15)(H,16,17). The van der Waals surface area contributed by atoms with Crippen molar-refractivity contribution in [3.8, 4) is 0 Å². The first-order valence-electron chi connectivity index (χ1n) is 6.12. The van der Waals surface area contributed by atoms with E-state index < -0.39 is 23.3 Å². The minimum atomic E-state index is -0.904. The molecule has 0 saturated heterocycles. The zero-order valence-electron chi connectivity index (χ0n) is 10.9. The van der Waals surface area contributed by atoms with Gasteiger partial charge in [0.1, 0.15) is 11.5 Å². The van der Waals surface area contributed by atoms with Crippen LogP contribution in [0.2, 0.25) is 0 Å². The van der Waals surface area contributed by atoms with Gasteiger partial charge in [0.2, 0.25) is 5.91 Å². The summed E-state index contributed by atoms with van der Waals surface area (Å²) in [6.07, 6.45) is 2.31. The zero-order chi connectivity index (χ0) is 14.2. The van der Waals surface area contributed by atoms with E-state index in [1.807, 2.05) is 0 Å². The van der Waals surface area contributed by atoms with Crippen molar-refractivity contribution >= 4 is 28.3 Å². The van der Waals surface area contributed by atoms with E-state index in [4.69, 9.17) is 5.73 Å². The molecule has 7 heteroatoms. The summed E-state index contributed by atoms with van der Waals surface area (Å²) in [6.45, 7) is 3.34. The van der Waals surface area contributed by atoms with Gasteiger partial charge in [-0.05, 0) is 33.1 Å². The van der Waals surface area contributed by atoms with Gasteiger partial charge in [-0.2, -0.15) is 0 Å². The van der Waals surface area contributed by atoms with E-state index in [0.717, 1.165) is 17.7 Å². The van der Waals surface area contributed by atoms with Gasteiger partial charge >= 0.3 is 5.97 Å². The summed E-state index contributed by atoms with van der Waals surface area (Å²) in [5, 5.41) is 12.7. The Hall–Kier alpha value is -1.63. The Kier molecular flexibility index (Phi) is 3.49. The molecule has 0 saturated carbocycles. The maximum atomic E-state index is 11.3. The Morgan fingerprint density at radius 2 is 2.21 bits per heavy atom. The van der Waals surface area contributed by atoms with Crippen LogP contribution in [0.3, 0.4) is 0 Å². The molecule has 6 nitrogen and oxygen atoms in total. The van der Waals surface area contributed by atoms with Gasteiger partial charge in [-0.1, -0.05) is 0 Å². The van der Waals surface area contributed by atoms with E-state index in [-0.39, 0.29) is 0 Å². The monoisotopic (exact) mass is 283 g/mol. The molecular formula is C12H17N3O3S. The number of nitrogens with one attached hydrogen (secondary N) is 1. The SMILES string of the molecule is CC(C)(Nc1nc2c(s1)CCCC2C(=O)O)C(N)=O. The first-order valence-corrected chi connectivity index (χ1v) is 6.93. The number of hydrogen-bond donors (Lipinski definition) is 3. The van der Waals surface area contributed by atoms with Gasteiger partial charge in [-0.25, -0.2) is 4.98 Å². The second-order valence-corrected chi connectivity index (χ2v) is 6.31. The van der Waals surface area contributed by atoms with Gasteiger partial charge in [0, 0.05) is 4.88 Å². The van der Waals surface area contributed by atoms with Crippen molar-refractivity contribution in [2.24, 2.45) is 5.73 Å². The molecule has 0 fully saturated rings. The second-order valence-electron chi connectivity index (χ2n) is 5.22. The molecule has 1 unspecified atom stereocenters. The quantitative estimate of drug-likeness (QED) is 0.773. The van der Waals surface area contributed by atoms with Crippen LogP contribution >= 0.6 is 11.3 Å². The minimum Gasteiger partial charge on any atom is -0.481 e. The summed E-state index contributed by atoms with van der Waals surface area (Å²) in [6, 6.07) is 0. The number of primary amides is 1. The highest BCUT2D eigenvalue weighted by Crippen LogP contribution is 2.37. The van der Waals surface area contributed by atoms with Crippen LogP contribution in [0, 0.1) is 0 Å². The van der Waals surface area contributed by atoms with Crippen molar-refractivity contribution < 1.29 is 14.7 Å². The summed E-state index contributed by atoms with van der Waals surface area (Å²) in [5.41, 5.74) is 5.02. The number of aromatic nitrogens is 1. The van der Waals surface area contributed by atoms with E-state index in [1.165, 1.54) is 11.3 Å². The minimum absolute atomic E-state index is 0.476. The summed E-state index contributed by atoms with van der Waals surface area (Å²) in [4.78, 5) is 27.8. The Morgan fingerprint density at radius 1 is 1.53 bits per heavy atom. The van der Waals surface area contributed by atoms with Crippen molar-refractivity contribution in [1.82, 2.24) is 4.98 Å². The zero-order valence-corrected chi connectivity index (χ0v) is 11.7. The van der Waals surface area contributed by atoms with Crippen LogP contribution in [0.15, 0.2) is 0 Å². The maximum Gasteiger partial charge on any atom is 0.312 e. The Bertz CT molecular complexity index is 524. The average molecular weight is 283 g/mol. The van der Waals surface area contributed by atoms with Crippen molar-refractivity contribution in [1.29, 1.82) is 0 Å². The van der Waals surface area contributed by atoms with Crippen LogP contribution in [-0.4, -0.2) is 27.5 Å². The van der Waals surface area contributed by atoms with E-state index >= 15 is 0 Å². The Labute approximate surface area is 115 Å². The molecule has 0 spiro atoms. The maximum absolute atomic E-state index is 11.3. The number of aliphatic carboxylic acids is 1. The number of amides is 1. The summed E-state index contributed by atoms with van der Waals surface area (Å²) in [5.74, 6) is -1.85. The van der Waals surface area contributed by atoms with Gasteiger partial charge in [0.25, 0.3) is 0 Å². The molecule has 1 heterocycles. The predicted octanol–water partition coefficient (Wildman–Crippen LogP) is 1.32. The molecule has 1 atom stereocenters. The van der Waals surface area contributed by atoms with Gasteiger partial charge < -0.3 is 16.2 Å². The molecule has 0 aliphatic heterocycles. The van der Waals surface area contributed by atoms with Crippen molar-refractivity contribution in [2.45, 2.75) is 44.6 Å². The predicted molar refractivity (Wildman–Crippen MR) is 72.3 cm³/mol. The number of rotatable bonds is 4. The van der Waals surface area contributed by atoms with Crippen LogP contribution in [0.1, 0.15) is 43.2 Å². The summed E-state index contributed by atoms with van der Waals surface area (Å²) < 4.78 is 0. The number of aryl methyl sites for hydroxylation is 1. The van der Waals surface area contributed by atoms with E-state index in [0.29, 0.717) is 17.2 Å². The smallest absolute Gasteiger partial charge is 0.312 e. The average Bonchev–Trinajstić information content (AvgIpc) is 2.69. The van der Waals surface area contributed by atoms with Crippen LogP contribution in [0.25, 0.3) is 0 Å². The third-order valence-corrected chi connectivity index (χ3v) is 4.33. The van der Waals surface area contributed by atoms with E-state index in [1.54, 1.807) is 13.8 Å². The number of carboxylic acids is 1.